The summed E-state index contributed by atoms with van der Waals surface area (Å²) in [6.45, 7) is 0.254. The minimum Gasteiger partial charge on any atom is -0.481 e. The van der Waals surface area contributed by atoms with Crippen molar-refractivity contribution in [3.63, 3.8) is 0 Å². The second kappa shape index (κ2) is 5.33. The maximum absolute atomic E-state index is 12.8. The molecule has 1 atom stereocenters. The largest absolute Gasteiger partial charge is 0.481 e. The van der Waals surface area contributed by atoms with Gasteiger partial charge in [-0.05, 0) is 24.5 Å². The predicted molar refractivity (Wildman–Crippen MR) is 80.0 cm³/mol. The quantitative estimate of drug-likeness (QED) is 0.926. The first kappa shape index (κ1) is 14.4. The number of hydrogen-bond donors (Lipinski definition) is 1. The van der Waals surface area contributed by atoms with Crippen LogP contribution in [0.2, 0.25) is 0 Å². The highest BCUT2D eigenvalue weighted by Crippen LogP contribution is 2.41. The van der Waals surface area contributed by atoms with Crippen molar-refractivity contribution in [1.82, 2.24) is 0 Å². The molecule has 2 aliphatic rings. The van der Waals surface area contributed by atoms with Crippen LogP contribution in [0.1, 0.15) is 43.6 Å². The van der Waals surface area contributed by atoms with E-state index in [1.54, 1.807) is 12.1 Å². The molecular formula is C15H19NO4S. The van der Waals surface area contributed by atoms with Crippen LogP contribution in [0.15, 0.2) is 24.3 Å². The first-order chi connectivity index (χ1) is 10.00. The molecule has 21 heavy (non-hydrogen) atoms. The van der Waals surface area contributed by atoms with Gasteiger partial charge in [0.25, 0.3) is 0 Å². The summed E-state index contributed by atoms with van der Waals surface area (Å²) in [5, 5.41) is 8.72. The van der Waals surface area contributed by atoms with E-state index >= 15 is 0 Å². The molecule has 5 nitrogen and oxygen atoms in total. The Morgan fingerprint density at radius 3 is 2.57 bits per heavy atom. The number of carboxylic acid groups (broad SMARTS) is 1. The van der Waals surface area contributed by atoms with Crippen molar-refractivity contribution in [1.29, 1.82) is 0 Å². The van der Waals surface area contributed by atoms with Gasteiger partial charge in [0.05, 0.1) is 17.4 Å². The van der Waals surface area contributed by atoms with E-state index in [1.165, 1.54) is 4.31 Å². The second-order valence-corrected chi connectivity index (χ2v) is 7.97. The van der Waals surface area contributed by atoms with Crippen LogP contribution in [-0.2, 0) is 14.8 Å². The van der Waals surface area contributed by atoms with Gasteiger partial charge in [-0.25, -0.2) is 8.42 Å². The molecule has 1 saturated carbocycles. The summed E-state index contributed by atoms with van der Waals surface area (Å²) in [5.74, 6) is -1.15. The van der Waals surface area contributed by atoms with E-state index in [-0.39, 0.29) is 24.1 Å². The molecule has 1 fully saturated rings. The van der Waals surface area contributed by atoms with Crippen LogP contribution in [0.5, 0.6) is 0 Å². The molecule has 1 aliphatic heterocycles. The third-order valence-electron chi connectivity index (χ3n) is 4.48. The number of carboxylic acids is 1. The molecule has 0 spiro atoms. The number of para-hydroxylation sites is 1. The normalized spacial score (nSPS) is 22.5. The average molecular weight is 309 g/mol. The summed E-state index contributed by atoms with van der Waals surface area (Å²) in [6, 6.07) is 7.26. The van der Waals surface area contributed by atoms with Gasteiger partial charge in [-0.2, -0.15) is 0 Å². The smallest absolute Gasteiger partial charge is 0.304 e. The summed E-state index contributed by atoms with van der Waals surface area (Å²) in [7, 11) is -3.38. The Morgan fingerprint density at radius 2 is 1.90 bits per heavy atom. The van der Waals surface area contributed by atoms with E-state index in [4.69, 9.17) is 5.11 Å². The molecule has 0 bridgehead atoms. The van der Waals surface area contributed by atoms with Crippen LogP contribution in [-0.4, -0.2) is 31.3 Å². The highest BCUT2D eigenvalue weighted by Gasteiger charge is 2.41. The van der Waals surface area contributed by atoms with Crippen molar-refractivity contribution in [2.24, 2.45) is 0 Å². The Labute approximate surface area is 124 Å². The molecule has 114 valence electrons. The molecule has 1 unspecified atom stereocenters. The zero-order valence-electron chi connectivity index (χ0n) is 11.7. The lowest BCUT2D eigenvalue weighted by Gasteiger charge is -2.24. The molecule has 0 saturated heterocycles. The van der Waals surface area contributed by atoms with E-state index in [0.29, 0.717) is 18.5 Å². The molecule has 1 N–H and O–H groups in total. The zero-order chi connectivity index (χ0) is 15.0. The Bertz CT molecular complexity index is 649. The highest BCUT2D eigenvalue weighted by atomic mass is 32.2. The van der Waals surface area contributed by atoms with Gasteiger partial charge >= 0.3 is 5.97 Å². The van der Waals surface area contributed by atoms with Crippen molar-refractivity contribution < 1.29 is 18.3 Å². The van der Waals surface area contributed by atoms with E-state index in [9.17, 15) is 13.2 Å². The lowest BCUT2D eigenvalue weighted by atomic mass is 9.98. The number of sulfonamides is 1. The summed E-state index contributed by atoms with van der Waals surface area (Å²) in [6.07, 6.45) is 3.30. The molecule has 1 aromatic rings. The van der Waals surface area contributed by atoms with Gasteiger partial charge in [0.2, 0.25) is 10.0 Å². The van der Waals surface area contributed by atoms with Gasteiger partial charge < -0.3 is 5.11 Å². The highest BCUT2D eigenvalue weighted by molar-refractivity contribution is 7.93. The molecule has 0 radical (unpaired) electrons. The van der Waals surface area contributed by atoms with Gasteiger partial charge in [-0.3, -0.25) is 9.10 Å². The Balaban J connectivity index is 1.95. The number of rotatable bonds is 4. The monoisotopic (exact) mass is 309 g/mol. The topological polar surface area (TPSA) is 74.7 Å². The van der Waals surface area contributed by atoms with Crippen molar-refractivity contribution in [3.8, 4) is 0 Å². The van der Waals surface area contributed by atoms with Gasteiger partial charge in [0, 0.05) is 12.5 Å². The molecule has 0 amide bonds. The van der Waals surface area contributed by atoms with Crippen molar-refractivity contribution in [2.45, 2.75) is 43.3 Å². The maximum Gasteiger partial charge on any atom is 0.304 e. The van der Waals surface area contributed by atoms with Crippen LogP contribution < -0.4 is 4.31 Å². The third-order valence-corrected chi connectivity index (χ3v) is 6.76. The summed E-state index contributed by atoms with van der Waals surface area (Å²) in [5.41, 5.74) is 1.50. The number of aliphatic carboxylic acids is 1. The van der Waals surface area contributed by atoms with Gasteiger partial charge in [-0.15, -0.1) is 0 Å². The molecule has 1 aromatic carbocycles. The summed E-state index contributed by atoms with van der Waals surface area (Å²) in [4.78, 5) is 11.0. The lowest BCUT2D eigenvalue weighted by molar-refractivity contribution is -0.137. The number of anilines is 1. The number of nitrogens with zero attached hydrogens (tertiary/aromatic N) is 1. The first-order valence-corrected chi connectivity index (χ1v) is 8.82. The van der Waals surface area contributed by atoms with E-state index in [2.05, 4.69) is 0 Å². The van der Waals surface area contributed by atoms with Gasteiger partial charge in [-0.1, -0.05) is 31.0 Å². The van der Waals surface area contributed by atoms with Crippen molar-refractivity contribution in [3.05, 3.63) is 29.8 Å². The van der Waals surface area contributed by atoms with Crippen molar-refractivity contribution in [2.75, 3.05) is 10.8 Å². The van der Waals surface area contributed by atoms with Crippen LogP contribution in [0.3, 0.4) is 0 Å². The third kappa shape index (κ3) is 2.52. The average Bonchev–Trinajstić information content (AvgIpc) is 3.07. The van der Waals surface area contributed by atoms with Crippen LogP contribution >= 0.6 is 0 Å². The standard InChI is InChI=1S/C15H19NO4S/c17-15(18)9-11-10-16(14-8-4-3-7-13(11)14)21(19,20)12-5-1-2-6-12/h3-4,7-8,11-12H,1-2,5-6,9-10H2,(H,17,18). The lowest BCUT2D eigenvalue weighted by Crippen LogP contribution is -2.37. The fraction of sp³-hybridized carbons (Fsp3) is 0.533. The molecule has 1 heterocycles. The Hall–Kier alpha value is -1.56. The minimum absolute atomic E-state index is 0.0340. The summed E-state index contributed by atoms with van der Waals surface area (Å²) >= 11 is 0. The molecule has 6 heteroatoms. The Morgan fingerprint density at radius 1 is 1.24 bits per heavy atom. The van der Waals surface area contributed by atoms with Gasteiger partial charge in [0.15, 0.2) is 0 Å². The van der Waals surface area contributed by atoms with E-state index in [0.717, 1.165) is 18.4 Å². The van der Waals surface area contributed by atoms with E-state index < -0.39 is 16.0 Å². The Kier molecular flexibility index (Phi) is 3.65. The zero-order valence-corrected chi connectivity index (χ0v) is 12.6. The number of fused-ring (bicyclic) bond motifs is 1. The molecule has 3 rings (SSSR count). The fourth-order valence-electron chi connectivity index (χ4n) is 3.45. The van der Waals surface area contributed by atoms with E-state index in [1.807, 2.05) is 12.1 Å². The van der Waals surface area contributed by atoms with Crippen LogP contribution in [0.4, 0.5) is 5.69 Å². The second-order valence-electron chi connectivity index (χ2n) is 5.84. The molecular weight excluding hydrogens is 290 g/mol. The number of carbonyl (C=O) groups is 1. The predicted octanol–water partition coefficient (Wildman–Crippen LogP) is 2.34. The molecule has 1 aliphatic carbocycles. The van der Waals surface area contributed by atoms with Crippen molar-refractivity contribution >= 4 is 21.7 Å². The van der Waals surface area contributed by atoms with Crippen LogP contribution in [0, 0.1) is 0 Å². The number of benzene rings is 1. The summed E-state index contributed by atoms with van der Waals surface area (Å²) < 4.78 is 27.1. The first-order valence-electron chi connectivity index (χ1n) is 7.32. The SMILES string of the molecule is O=C(O)CC1CN(S(=O)(=O)C2CCCC2)c2ccccc21. The minimum atomic E-state index is -3.38. The maximum atomic E-state index is 12.8. The van der Waals surface area contributed by atoms with Gasteiger partial charge in [0.1, 0.15) is 0 Å². The van der Waals surface area contributed by atoms with Crippen LogP contribution in [0.25, 0.3) is 0 Å². The number of hydrogen-bond acceptors (Lipinski definition) is 3. The molecule has 0 aromatic heterocycles. The fourth-order valence-corrected chi connectivity index (χ4v) is 5.57.